The van der Waals surface area contributed by atoms with Crippen molar-refractivity contribution in [2.75, 3.05) is 13.1 Å². The fraction of sp³-hybridized carbons (Fsp3) is 0.292. The van der Waals surface area contributed by atoms with E-state index >= 15 is 0 Å². The normalized spacial score (nSPS) is 17.2. The Morgan fingerprint density at radius 3 is 2.84 bits per heavy atom. The van der Waals surface area contributed by atoms with Crippen LogP contribution in [0, 0.1) is 17.2 Å². The molecule has 0 saturated carbocycles. The molecule has 31 heavy (non-hydrogen) atoms. The van der Waals surface area contributed by atoms with Crippen LogP contribution in [0.15, 0.2) is 57.7 Å². The first-order valence-electron chi connectivity index (χ1n) is 10.1. The van der Waals surface area contributed by atoms with Crippen LogP contribution in [0.3, 0.4) is 0 Å². The number of rotatable bonds is 4. The summed E-state index contributed by atoms with van der Waals surface area (Å²) in [7, 11) is 0. The van der Waals surface area contributed by atoms with Gasteiger partial charge in [0.25, 0.3) is 5.91 Å². The van der Waals surface area contributed by atoms with Crippen molar-refractivity contribution in [2.24, 2.45) is 5.92 Å². The zero-order valence-electron chi connectivity index (χ0n) is 17.0. The maximum Gasteiger partial charge on any atom is 0.336 e. The molecule has 0 aliphatic carbocycles. The van der Waals surface area contributed by atoms with E-state index in [9.17, 15) is 9.59 Å². The highest BCUT2D eigenvalue weighted by Crippen LogP contribution is 2.34. The Kier molecular flexibility index (Phi) is 5.97. The molecule has 1 aliphatic rings. The first-order chi connectivity index (χ1) is 15.0. The molecule has 3 aromatic rings. The molecule has 1 saturated heterocycles. The van der Waals surface area contributed by atoms with E-state index in [0.717, 1.165) is 18.4 Å². The van der Waals surface area contributed by atoms with E-state index in [1.165, 1.54) is 6.07 Å². The molecule has 0 bridgehead atoms. The largest absolute Gasteiger partial charge is 0.481 e. The number of benzene rings is 2. The van der Waals surface area contributed by atoms with Crippen molar-refractivity contribution in [2.45, 2.75) is 25.9 Å². The zero-order chi connectivity index (χ0) is 22.0. The Hall–Kier alpha value is -3.30. The maximum absolute atomic E-state index is 12.8. The van der Waals surface area contributed by atoms with Gasteiger partial charge in [-0.25, -0.2) is 4.79 Å². The first-order valence-corrected chi connectivity index (χ1v) is 10.5. The summed E-state index contributed by atoms with van der Waals surface area (Å²) >= 11 is 6.32. The average Bonchev–Trinajstić information content (AvgIpc) is 2.78. The van der Waals surface area contributed by atoms with Gasteiger partial charge in [-0.15, -0.1) is 0 Å². The minimum Gasteiger partial charge on any atom is -0.481 e. The van der Waals surface area contributed by atoms with Gasteiger partial charge in [0.2, 0.25) is 0 Å². The van der Waals surface area contributed by atoms with Crippen molar-refractivity contribution in [1.82, 2.24) is 4.90 Å². The van der Waals surface area contributed by atoms with Gasteiger partial charge in [0, 0.05) is 46.8 Å². The van der Waals surface area contributed by atoms with Gasteiger partial charge in [0.05, 0.1) is 12.0 Å². The highest BCUT2D eigenvalue weighted by Gasteiger charge is 2.27. The van der Waals surface area contributed by atoms with Crippen molar-refractivity contribution in [3.8, 4) is 22.9 Å². The summed E-state index contributed by atoms with van der Waals surface area (Å²) in [5.41, 5.74) is 1.25. The number of nitrogens with zero attached hydrogens (tertiary/aromatic N) is 2. The van der Waals surface area contributed by atoms with E-state index < -0.39 is 11.7 Å². The van der Waals surface area contributed by atoms with Gasteiger partial charge in [-0.3, -0.25) is 4.79 Å². The lowest BCUT2D eigenvalue weighted by molar-refractivity contribution is -0.139. The van der Waals surface area contributed by atoms with Crippen molar-refractivity contribution in [3.05, 3.63) is 64.0 Å². The van der Waals surface area contributed by atoms with Gasteiger partial charge in [-0.05, 0) is 38.0 Å². The number of nitriles is 1. The second-order valence-corrected chi connectivity index (χ2v) is 8.04. The van der Waals surface area contributed by atoms with Crippen molar-refractivity contribution in [3.63, 3.8) is 0 Å². The average molecular weight is 437 g/mol. The summed E-state index contributed by atoms with van der Waals surface area (Å²) in [6, 6.07) is 16.1. The number of ether oxygens (including phenoxy) is 1. The van der Waals surface area contributed by atoms with Gasteiger partial charge in [-0.1, -0.05) is 29.8 Å². The number of amides is 1. The molecule has 1 amide bonds. The van der Waals surface area contributed by atoms with Gasteiger partial charge < -0.3 is 14.1 Å². The van der Waals surface area contributed by atoms with E-state index in [1.54, 1.807) is 36.1 Å². The van der Waals surface area contributed by atoms with Crippen molar-refractivity contribution in [1.29, 1.82) is 5.26 Å². The third-order valence-corrected chi connectivity index (χ3v) is 5.79. The Labute approximate surface area is 184 Å². The fourth-order valence-corrected chi connectivity index (χ4v) is 4.15. The zero-order valence-corrected chi connectivity index (χ0v) is 17.8. The summed E-state index contributed by atoms with van der Waals surface area (Å²) in [6.45, 7) is 2.73. The lowest BCUT2D eigenvalue weighted by Gasteiger charge is -2.31. The van der Waals surface area contributed by atoms with Crippen LogP contribution in [-0.2, 0) is 4.79 Å². The van der Waals surface area contributed by atoms with Crippen LogP contribution < -0.4 is 10.4 Å². The number of hydrogen-bond acceptors (Lipinski definition) is 5. The van der Waals surface area contributed by atoms with E-state index in [-0.39, 0.29) is 11.8 Å². The lowest BCUT2D eigenvalue weighted by Crippen LogP contribution is -2.45. The van der Waals surface area contributed by atoms with Crippen LogP contribution in [0.2, 0.25) is 5.02 Å². The molecule has 2 heterocycles. The lowest BCUT2D eigenvalue weighted by atomic mass is 9.99. The standard InChI is InChI=1S/C24H21ClN2O4/c1-15(24(29)27-10-4-5-16(13-26)14-27)30-17-8-9-19-20(12-23(28)31-22(19)11-17)18-6-2-3-7-21(18)25/h2-3,6-9,11-12,15-16H,4-5,10,14H2,1H3/t15-,16-/m1/s1. The van der Waals surface area contributed by atoms with Gasteiger partial charge >= 0.3 is 5.63 Å². The fourth-order valence-electron chi connectivity index (χ4n) is 3.91. The molecule has 158 valence electrons. The molecule has 0 spiro atoms. The number of fused-ring (bicyclic) bond motifs is 1. The predicted octanol–water partition coefficient (Wildman–Crippen LogP) is 4.64. The number of piperidine rings is 1. The van der Waals surface area contributed by atoms with E-state index in [4.69, 9.17) is 26.0 Å². The number of halogens is 1. The van der Waals surface area contributed by atoms with Crippen LogP contribution in [0.1, 0.15) is 19.8 Å². The summed E-state index contributed by atoms with van der Waals surface area (Å²) in [5.74, 6) is 0.121. The van der Waals surface area contributed by atoms with E-state index in [0.29, 0.717) is 40.4 Å². The van der Waals surface area contributed by atoms with E-state index in [1.807, 2.05) is 18.2 Å². The molecular weight excluding hydrogens is 416 g/mol. The first kappa shape index (κ1) is 21.0. The Balaban J connectivity index is 1.60. The van der Waals surface area contributed by atoms with Crippen molar-refractivity contribution < 1.29 is 13.9 Å². The summed E-state index contributed by atoms with van der Waals surface area (Å²) in [6.07, 6.45) is 0.892. The molecule has 0 radical (unpaired) electrons. The molecule has 1 fully saturated rings. The number of hydrogen-bond donors (Lipinski definition) is 0. The second-order valence-electron chi connectivity index (χ2n) is 7.63. The minimum atomic E-state index is -0.728. The highest BCUT2D eigenvalue weighted by atomic mass is 35.5. The Morgan fingerprint density at radius 1 is 1.26 bits per heavy atom. The molecular formula is C24H21ClN2O4. The van der Waals surface area contributed by atoms with Crippen LogP contribution in [-0.4, -0.2) is 30.0 Å². The molecule has 0 N–H and O–H groups in total. The van der Waals surface area contributed by atoms with Gasteiger partial charge in [0.1, 0.15) is 11.3 Å². The summed E-state index contributed by atoms with van der Waals surface area (Å²) in [5, 5.41) is 10.4. The monoisotopic (exact) mass is 436 g/mol. The van der Waals surface area contributed by atoms with Crippen LogP contribution in [0.25, 0.3) is 22.1 Å². The Morgan fingerprint density at radius 2 is 2.06 bits per heavy atom. The highest BCUT2D eigenvalue weighted by molar-refractivity contribution is 6.33. The molecule has 2 aromatic carbocycles. The number of likely N-dealkylation sites (tertiary alicyclic amines) is 1. The third-order valence-electron chi connectivity index (χ3n) is 5.46. The summed E-state index contributed by atoms with van der Waals surface area (Å²) < 4.78 is 11.2. The number of carbonyl (C=O) groups is 1. The molecule has 6 nitrogen and oxygen atoms in total. The van der Waals surface area contributed by atoms with Crippen LogP contribution in [0.4, 0.5) is 0 Å². The SMILES string of the molecule is C[C@@H](Oc1ccc2c(-c3ccccc3Cl)cc(=O)oc2c1)C(=O)N1CCC[C@H](C#N)C1. The van der Waals surface area contributed by atoms with Gasteiger partial charge in [0.15, 0.2) is 6.10 Å². The van der Waals surface area contributed by atoms with E-state index in [2.05, 4.69) is 6.07 Å². The topological polar surface area (TPSA) is 83.5 Å². The number of carbonyl (C=O) groups excluding carboxylic acids is 1. The van der Waals surface area contributed by atoms with Crippen LogP contribution in [0.5, 0.6) is 5.75 Å². The maximum atomic E-state index is 12.8. The second kappa shape index (κ2) is 8.83. The molecule has 7 heteroatoms. The minimum absolute atomic E-state index is 0.136. The molecule has 0 unspecified atom stereocenters. The molecule has 2 atom stereocenters. The third kappa shape index (κ3) is 4.42. The molecule has 1 aliphatic heterocycles. The summed E-state index contributed by atoms with van der Waals surface area (Å²) in [4.78, 5) is 26.6. The Bertz CT molecular complexity index is 1230. The van der Waals surface area contributed by atoms with Gasteiger partial charge in [-0.2, -0.15) is 5.26 Å². The van der Waals surface area contributed by atoms with Crippen LogP contribution >= 0.6 is 11.6 Å². The smallest absolute Gasteiger partial charge is 0.336 e. The van der Waals surface area contributed by atoms with Crippen molar-refractivity contribution >= 4 is 28.5 Å². The molecule has 4 rings (SSSR count). The molecule has 1 aromatic heterocycles. The predicted molar refractivity (Wildman–Crippen MR) is 118 cm³/mol. The quantitative estimate of drug-likeness (QED) is 0.556.